The van der Waals surface area contributed by atoms with Crippen LogP contribution in [0.5, 0.6) is 0 Å². The Balaban J connectivity index is 3.00. The lowest BCUT2D eigenvalue weighted by atomic mass is 9.87. The van der Waals surface area contributed by atoms with Gasteiger partial charge in [0.1, 0.15) is 0 Å². The normalized spacial score (nSPS) is 13.8. The van der Waals surface area contributed by atoms with Crippen LogP contribution in [0.1, 0.15) is 42.9 Å². The Bertz CT molecular complexity index is 368. The molecule has 3 nitrogen and oxygen atoms in total. The third-order valence-corrected chi connectivity index (χ3v) is 3.23. The van der Waals surface area contributed by atoms with Gasteiger partial charge in [-0.3, -0.25) is 9.78 Å². The number of nitrogens with zero attached hydrogens (tertiary/aromatic N) is 1. The van der Waals surface area contributed by atoms with Crippen molar-refractivity contribution in [3.63, 3.8) is 0 Å². The molecular formula is C13H21NO2Si. The van der Waals surface area contributed by atoms with Crippen molar-refractivity contribution in [1.82, 2.24) is 4.98 Å². The second-order valence-corrected chi connectivity index (χ2v) is 7.93. The summed E-state index contributed by atoms with van der Waals surface area (Å²) in [4.78, 5) is 14.9. The van der Waals surface area contributed by atoms with Gasteiger partial charge in [0.15, 0.2) is 15.3 Å². The molecule has 0 bridgehead atoms. The van der Waals surface area contributed by atoms with Crippen LogP contribution in [0.15, 0.2) is 18.3 Å². The molecule has 17 heavy (non-hydrogen) atoms. The zero-order chi connectivity index (χ0) is 13.1. The van der Waals surface area contributed by atoms with E-state index in [0.717, 1.165) is 12.0 Å². The van der Waals surface area contributed by atoms with E-state index in [2.05, 4.69) is 38.8 Å². The minimum atomic E-state index is -1.13. The van der Waals surface area contributed by atoms with Crippen LogP contribution in [0.3, 0.4) is 0 Å². The molecule has 1 atom stereocenters. The Labute approximate surface area is 105 Å². The predicted octanol–water partition coefficient (Wildman–Crippen LogP) is 2.98. The summed E-state index contributed by atoms with van der Waals surface area (Å²) < 4.78 is 6.06. The fraction of sp³-hybridized carbons (Fsp3) is 0.538. The van der Waals surface area contributed by atoms with E-state index >= 15 is 0 Å². The monoisotopic (exact) mass is 251 g/mol. The van der Waals surface area contributed by atoms with Gasteiger partial charge in [-0.15, -0.1) is 0 Å². The molecule has 1 rings (SSSR count). The fourth-order valence-electron chi connectivity index (χ4n) is 1.63. The molecule has 0 aliphatic rings. The quantitative estimate of drug-likeness (QED) is 0.610. The van der Waals surface area contributed by atoms with Crippen LogP contribution in [0.25, 0.3) is 0 Å². The van der Waals surface area contributed by atoms with E-state index < -0.39 is 9.04 Å². The summed E-state index contributed by atoms with van der Waals surface area (Å²) in [5, 5.41) is 0. The van der Waals surface area contributed by atoms with E-state index in [9.17, 15) is 4.79 Å². The molecule has 94 valence electrons. The Morgan fingerprint density at radius 2 is 2.00 bits per heavy atom. The summed E-state index contributed by atoms with van der Waals surface area (Å²) in [5.74, 6) is 0. The topological polar surface area (TPSA) is 39.2 Å². The zero-order valence-corrected chi connectivity index (χ0v) is 12.4. The molecule has 0 N–H and O–H groups in total. The van der Waals surface area contributed by atoms with Gasteiger partial charge in [-0.05, 0) is 30.6 Å². The van der Waals surface area contributed by atoms with Crippen molar-refractivity contribution in [2.45, 2.75) is 40.0 Å². The zero-order valence-electron chi connectivity index (χ0n) is 11.2. The molecule has 0 fully saturated rings. The highest BCUT2D eigenvalue weighted by molar-refractivity contribution is 6.48. The summed E-state index contributed by atoms with van der Waals surface area (Å²) in [6, 6.07) is 3.68. The van der Waals surface area contributed by atoms with Gasteiger partial charge in [0, 0.05) is 11.8 Å². The van der Waals surface area contributed by atoms with Crippen LogP contribution in [0.4, 0.5) is 0 Å². The number of rotatable bonds is 4. The average Bonchev–Trinajstić information content (AvgIpc) is 2.24. The first-order chi connectivity index (χ1) is 7.84. The van der Waals surface area contributed by atoms with E-state index in [1.165, 1.54) is 0 Å². The van der Waals surface area contributed by atoms with Crippen molar-refractivity contribution in [1.29, 1.82) is 0 Å². The number of carbonyl (C=O) groups excluding carboxylic acids is 1. The SMILES string of the molecule is C[SiH](C)OC(c1ccc(C=O)cn1)C(C)(C)C. The molecule has 0 aliphatic heterocycles. The molecule has 0 radical (unpaired) electrons. The van der Waals surface area contributed by atoms with Gasteiger partial charge in [-0.2, -0.15) is 0 Å². The van der Waals surface area contributed by atoms with Crippen LogP contribution in [0, 0.1) is 5.41 Å². The van der Waals surface area contributed by atoms with E-state index in [-0.39, 0.29) is 11.5 Å². The molecule has 1 aromatic heterocycles. The van der Waals surface area contributed by atoms with Gasteiger partial charge in [-0.25, -0.2) is 0 Å². The Morgan fingerprint density at radius 3 is 2.35 bits per heavy atom. The Kier molecular flexibility index (Phi) is 4.59. The smallest absolute Gasteiger partial charge is 0.171 e. The van der Waals surface area contributed by atoms with Crippen molar-refractivity contribution in [2.75, 3.05) is 0 Å². The largest absolute Gasteiger partial charge is 0.412 e. The number of hydrogen-bond donors (Lipinski definition) is 0. The van der Waals surface area contributed by atoms with Gasteiger partial charge in [-0.1, -0.05) is 20.8 Å². The summed E-state index contributed by atoms with van der Waals surface area (Å²) in [6.07, 6.45) is 2.41. The number of hydrogen-bond acceptors (Lipinski definition) is 3. The van der Waals surface area contributed by atoms with E-state index in [0.29, 0.717) is 5.56 Å². The third-order valence-electron chi connectivity index (χ3n) is 2.41. The first kappa shape index (κ1) is 14.1. The molecule has 0 amide bonds. The minimum Gasteiger partial charge on any atom is -0.412 e. The number of carbonyl (C=O) groups is 1. The highest BCUT2D eigenvalue weighted by Crippen LogP contribution is 2.35. The van der Waals surface area contributed by atoms with E-state index in [1.807, 2.05) is 6.07 Å². The molecular weight excluding hydrogens is 230 g/mol. The van der Waals surface area contributed by atoms with Crippen molar-refractivity contribution < 1.29 is 9.22 Å². The summed E-state index contributed by atoms with van der Waals surface area (Å²) in [5.41, 5.74) is 1.51. The van der Waals surface area contributed by atoms with Crippen molar-refractivity contribution in [3.8, 4) is 0 Å². The van der Waals surface area contributed by atoms with Crippen molar-refractivity contribution in [3.05, 3.63) is 29.6 Å². The Hall–Kier alpha value is -1.00. The maximum atomic E-state index is 10.6. The highest BCUT2D eigenvalue weighted by Gasteiger charge is 2.28. The van der Waals surface area contributed by atoms with Crippen LogP contribution >= 0.6 is 0 Å². The van der Waals surface area contributed by atoms with Gasteiger partial charge in [0.25, 0.3) is 0 Å². The standard InChI is InChI=1S/C13H21NO2Si/c1-13(2,3)12(16-17(4)5)11-7-6-10(9-15)8-14-11/h6-9,12,17H,1-5H3. The lowest BCUT2D eigenvalue weighted by Crippen LogP contribution is -2.26. The van der Waals surface area contributed by atoms with Crippen LogP contribution < -0.4 is 0 Å². The molecule has 0 saturated heterocycles. The van der Waals surface area contributed by atoms with E-state index in [1.54, 1.807) is 12.3 Å². The minimum absolute atomic E-state index is 0.00475. The fourth-order valence-corrected chi connectivity index (χ4v) is 2.72. The lowest BCUT2D eigenvalue weighted by Gasteiger charge is -2.32. The second-order valence-electron chi connectivity index (χ2n) is 5.57. The summed E-state index contributed by atoms with van der Waals surface area (Å²) in [7, 11) is -1.13. The van der Waals surface area contributed by atoms with Gasteiger partial charge < -0.3 is 4.43 Å². The molecule has 0 saturated carbocycles. The predicted molar refractivity (Wildman–Crippen MR) is 71.8 cm³/mol. The van der Waals surface area contributed by atoms with Gasteiger partial charge in [0.2, 0.25) is 0 Å². The second kappa shape index (κ2) is 5.56. The number of pyridine rings is 1. The van der Waals surface area contributed by atoms with Crippen LogP contribution in [0.2, 0.25) is 13.1 Å². The molecule has 1 aromatic rings. The molecule has 0 spiro atoms. The molecule has 1 unspecified atom stereocenters. The molecule has 0 aliphatic carbocycles. The summed E-state index contributed by atoms with van der Waals surface area (Å²) >= 11 is 0. The van der Waals surface area contributed by atoms with Crippen LogP contribution in [-0.2, 0) is 4.43 Å². The first-order valence-electron chi connectivity index (χ1n) is 5.91. The van der Waals surface area contributed by atoms with Gasteiger partial charge >= 0.3 is 0 Å². The Morgan fingerprint density at radius 1 is 1.35 bits per heavy atom. The van der Waals surface area contributed by atoms with E-state index in [4.69, 9.17) is 4.43 Å². The lowest BCUT2D eigenvalue weighted by molar-refractivity contribution is 0.0827. The van der Waals surface area contributed by atoms with Gasteiger partial charge in [0.05, 0.1) is 11.8 Å². The highest BCUT2D eigenvalue weighted by atomic mass is 28.3. The maximum absolute atomic E-state index is 10.6. The van der Waals surface area contributed by atoms with Crippen molar-refractivity contribution >= 4 is 15.3 Å². The molecule has 4 heteroatoms. The molecule has 1 heterocycles. The third kappa shape index (κ3) is 4.05. The van der Waals surface area contributed by atoms with Crippen LogP contribution in [-0.4, -0.2) is 20.3 Å². The maximum Gasteiger partial charge on any atom is 0.171 e. The van der Waals surface area contributed by atoms with Crippen molar-refractivity contribution in [2.24, 2.45) is 5.41 Å². The molecule has 0 aromatic carbocycles. The first-order valence-corrected chi connectivity index (χ1v) is 8.69. The number of aromatic nitrogens is 1. The number of aldehydes is 1. The average molecular weight is 251 g/mol. The summed E-state index contributed by atoms with van der Waals surface area (Å²) in [6.45, 7) is 10.7.